The van der Waals surface area contributed by atoms with Crippen LogP contribution in [0, 0.1) is 0 Å². The fourth-order valence-electron chi connectivity index (χ4n) is 10.4. The molecule has 0 spiro atoms. The summed E-state index contributed by atoms with van der Waals surface area (Å²) in [4.78, 5) is 2.43. The van der Waals surface area contributed by atoms with Crippen LogP contribution in [0.15, 0.2) is 243 Å². The standard InChI is InChI=1S/C62H43N/c1-62(48-19-3-2-4-20-48)58-27-12-11-24-57(58)61-56(26-14-28-59(61)62)54-39-40-60(55-23-10-9-22-53(54)55)63(49-35-31-43(32-36-49)47-30-29-42-15-5-6-17-46(42)41-47)50-37-33-45(34-38-50)52-25-13-18-44-16-7-8-21-51(44)52/h2-41H,1H3. The van der Waals surface area contributed by atoms with Gasteiger partial charge < -0.3 is 4.90 Å². The Morgan fingerprint density at radius 3 is 1.67 bits per heavy atom. The van der Waals surface area contributed by atoms with E-state index in [4.69, 9.17) is 0 Å². The highest BCUT2D eigenvalue weighted by atomic mass is 15.1. The van der Waals surface area contributed by atoms with E-state index < -0.39 is 0 Å². The van der Waals surface area contributed by atoms with Gasteiger partial charge in [0.1, 0.15) is 0 Å². The molecule has 0 saturated heterocycles. The molecule has 12 rings (SSSR count). The number of fused-ring (bicyclic) bond motifs is 6. The topological polar surface area (TPSA) is 3.24 Å². The number of hydrogen-bond donors (Lipinski definition) is 0. The summed E-state index contributed by atoms with van der Waals surface area (Å²) in [7, 11) is 0. The van der Waals surface area contributed by atoms with E-state index in [0.717, 1.165) is 17.1 Å². The minimum absolute atomic E-state index is 0.271. The third-order valence-corrected chi connectivity index (χ3v) is 13.6. The van der Waals surface area contributed by atoms with Crippen LogP contribution in [0.25, 0.3) is 76.8 Å². The highest BCUT2D eigenvalue weighted by Crippen LogP contribution is 2.56. The molecule has 0 N–H and O–H groups in total. The monoisotopic (exact) mass is 801 g/mol. The van der Waals surface area contributed by atoms with Gasteiger partial charge in [0, 0.05) is 22.2 Å². The van der Waals surface area contributed by atoms with E-state index in [1.807, 2.05) is 0 Å². The molecule has 1 nitrogen and oxygen atoms in total. The lowest BCUT2D eigenvalue weighted by molar-refractivity contribution is 0.714. The quantitative estimate of drug-likeness (QED) is 0.155. The molecule has 0 aliphatic heterocycles. The minimum Gasteiger partial charge on any atom is -0.310 e. The van der Waals surface area contributed by atoms with Crippen molar-refractivity contribution in [3.05, 3.63) is 259 Å². The average Bonchev–Trinajstić information content (AvgIpc) is 3.63. The Kier molecular flexibility index (Phi) is 8.69. The van der Waals surface area contributed by atoms with Crippen LogP contribution < -0.4 is 4.90 Å². The largest absolute Gasteiger partial charge is 0.310 e. The number of anilines is 3. The third kappa shape index (κ3) is 6.00. The molecule has 11 aromatic carbocycles. The van der Waals surface area contributed by atoms with Crippen molar-refractivity contribution in [2.24, 2.45) is 0 Å². The first-order valence-corrected chi connectivity index (χ1v) is 21.9. The molecule has 296 valence electrons. The van der Waals surface area contributed by atoms with Crippen molar-refractivity contribution in [2.75, 3.05) is 4.90 Å². The highest BCUT2D eigenvalue weighted by molar-refractivity contribution is 6.09. The highest BCUT2D eigenvalue weighted by Gasteiger charge is 2.41. The third-order valence-electron chi connectivity index (χ3n) is 13.6. The van der Waals surface area contributed by atoms with Crippen molar-refractivity contribution in [3.63, 3.8) is 0 Å². The van der Waals surface area contributed by atoms with Crippen molar-refractivity contribution in [1.82, 2.24) is 0 Å². The average molecular weight is 802 g/mol. The molecule has 0 saturated carbocycles. The van der Waals surface area contributed by atoms with Crippen molar-refractivity contribution in [1.29, 1.82) is 0 Å². The molecule has 1 heteroatoms. The van der Waals surface area contributed by atoms with Gasteiger partial charge in [0.2, 0.25) is 0 Å². The van der Waals surface area contributed by atoms with Crippen molar-refractivity contribution >= 4 is 49.4 Å². The van der Waals surface area contributed by atoms with Crippen LogP contribution in [-0.4, -0.2) is 0 Å². The van der Waals surface area contributed by atoms with Gasteiger partial charge >= 0.3 is 0 Å². The maximum absolute atomic E-state index is 2.43. The fraction of sp³-hybridized carbons (Fsp3) is 0.0323. The summed E-state index contributed by atoms with van der Waals surface area (Å²) in [5.41, 5.74) is 17.0. The van der Waals surface area contributed by atoms with Gasteiger partial charge in [0.25, 0.3) is 0 Å². The Morgan fingerprint density at radius 2 is 0.873 bits per heavy atom. The number of nitrogens with zero attached hydrogens (tertiary/aromatic N) is 1. The van der Waals surface area contributed by atoms with Gasteiger partial charge in [-0.3, -0.25) is 0 Å². The van der Waals surface area contributed by atoms with E-state index in [1.54, 1.807) is 0 Å². The molecule has 0 fully saturated rings. The maximum atomic E-state index is 2.43. The second-order valence-corrected chi connectivity index (χ2v) is 17.0. The van der Waals surface area contributed by atoms with Gasteiger partial charge in [-0.15, -0.1) is 0 Å². The van der Waals surface area contributed by atoms with E-state index in [-0.39, 0.29) is 5.41 Å². The van der Waals surface area contributed by atoms with Crippen molar-refractivity contribution in [2.45, 2.75) is 12.3 Å². The number of rotatable bonds is 7. The molecule has 0 bridgehead atoms. The Bertz CT molecular complexity index is 3510. The normalized spacial score (nSPS) is 14.2. The van der Waals surface area contributed by atoms with Crippen LogP contribution in [0.1, 0.15) is 23.6 Å². The summed E-state index contributed by atoms with van der Waals surface area (Å²) in [6.07, 6.45) is 0. The molecule has 1 aliphatic carbocycles. The molecule has 63 heavy (non-hydrogen) atoms. The molecule has 0 aromatic heterocycles. The summed E-state index contributed by atoms with van der Waals surface area (Å²) in [5, 5.41) is 7.42. The molecule has 0 heterocycles. The Hall–Kier alpha value is -8.00. The molecular weight excluding hydrogens is 759 g/mol. The number of hydrogen-bond acceptors (Lipinski definition) is 1. The predicted molar refractivity (Wildman–Crippen MR) is 267 cm³/mol. The summed E-state index contributed by atoms with van der Waals surface area (Å²) >= 11 is 0. The Balaban J connectivity index is 1.02. The van der Waals surface area contributed by atoms with Gasteiger partial charge in [-0.05, 0) is 131 Å². The molecule has 1 aliphatic rings. The predicted octanol–water partition coefficient (Wildman–Crippen LogP) is 17.0. The molecule has 1 atom stereocenters. The van der Waals surface area contributed by atoms with Crippen LogP contribution >= 0.6 is 0 Å². The second kappa shape index (κ2) is 14.9. The Labute approximate surface area is 368 Å². The van der Waals surface area contributed by atoms with Crippen LogP contribution in [0.3, 0.4) is 0 Å². The number of benzene rings is 11. The summed E-state index contributed by atoms with van der Waals surface area (Å²) < 4.78 is 0. The fourth-order valence-corrected chi connectivity index (χ4v) is 10.4. The zero-order chi connectivity index (χ0) is 41.9. The van der Waals surface area contributed by atoms with E-state index in [2.05, 4.69) is 254 Å². The lowest BCUT2D eigenvalue weighted by atomic mass is 9.74. The van der Waals surface area contributed by atoms with E-state index in [9.17, 15) is 0 Å². The second-order valence-electron chi connectivity index (χ2n) is 17.0. The van der Waals surface area contributed by atoms with Gasteiger partial charge in [-0.1, -0.05) is 206 Å². The van der Waals surface area contributed by atoms with Crippen molar-refractivity contribution < 1.29 is 0 Å². The van der Waals surface area contributed by atoms with Crippen LogP contribution in [0.2, 0.25) is 0 Å². The van der Waals surface area contributed by atoms with E-state index in [0.29, 0.717) is 0 Å². The smallest absolute Gasteiger partial charge is 0.0540 e. The molecule has 0 radical (unpaired) electrons. The van der Waals surface area contributed by atoms with Gasteiger partial charge in [0.15, 0.2) is 0 Å². The van der Waals surface area contributed by atoms with Gasteiger partial charge in [-0.2, -0.15) is 0 Å². The summed E-state index contributed by atoms with van der Waals surface area (Å²) in [6, 6.07) is 89.3. The van der Waals surface area contributed by atoms with Gasteiger partial charge in [-0.25, -0.2) is 0 Å². The zero-order valence-electron chi connectivity index (χ0n) is 35.0. The molecule has 1 unspecified atom stereocenters. The zero-order valence-corrected chi connectivity index (χ0v) is 35.0. The first kappa shape index (κ1) is 36.8. The first-order valence-electron chi connectivity index (χ1n) is 21.9. The minimum atomic E-state index is -0.271. The summed E-state index contributed by atoms with van der Waals surface area (Å²) in [5.74, 6) is 0. The van der Waals surface area contributed by atoms with Crippen LogP contribution in [-0.2, 0) is 5.41 Å². The van der Waals surface area contributed by atoms with Crippen LogP contribution in [0.5, 0.6) is 0 Å². The first-order chi connectivity index (χ1) is 31.1. The molecule has 0 amide bonds. The van der Waals surface area contributed by atoms with Gasteiger partial charge in [0.05, 0.1) is 5.69 Å². The van der Waals surface area contributed by atoms with Crippen LogP contribution in [0.4, 0.5) is 17.1 Å². The molecular formula is C62H43N. The van der Waals surface area contributed by atoms with E-state index in [1.165, 1.54) is 93.5 Å². The lowest BCUT2D eigenvalue weighted by Gasteiger charge is -2.29. The summed E-state index contributed by atoms with van der Waals surface area (Å²) in [6.45, 7) is 2.40. The van der Waals surface area contributed by atoms with E-state index >= 15 is 0 Å². The lowest BCUT2D eigenvalue weighted by Crippen LogP contribution is -2.22. The van der Waals surface area contributed by atoms with Crippen molar-refractivity contribution in [3.8, 4) is 44.5 Å². The molecule has 11 aromatic rings. The SMILES string of the molecule is CC1(c2ccccc2)c2ccccc2-c2c(-c3ccc(N(c4ccc(-c5ccc6ccccc6c5)cc4)c4ccc(-c5cccc6ccccc56)cc4)c4ccccc34)cccc21. The Morgan fingerprint density at radius 1 is 0.317 bits per heavy atom. The maximum Gasteiger partial charge on any atom is 0.0540 e.